The summed E-state index contributed by atoms with van der Waals surface area (Å²) in [6, 6.07) is 6.55. The molecule has 0 amide bonds. The Morgan fingerprint density at radius 1 is 0.913 bits per heavy atom. The third kappa shape index (κ3) is 4.01. The van der Waals surface area contributed by atoms with Crippen molar-refractivity contribution in [3.8, 4) is 0 Å². The standard InChI is InChI=1S/C12H7BrCl2N4O4/c13-7-3-6(18(20)21)1-2-10(7)16-17-11-4-9(15)12(19(22)23)5-8(11)14/h1-5,16-17H. The summed E-state index contributed by atoms with van der Waals surface area (Å²) >= 11 is 15.0. The van der Waals surface area contributed by atoms with Gasteiger partial charge >= 0.3 is 0 Å². The van der Waals surface area contributed by atoms with Crippen molar-refractivity contribution >= 4 is 61.9 Å². The van der Waals surface area contributed by atoms with Gasteiger partial charge in [0.05, 0.1) is 26.2 Å². The Balaban J connectivity index is 2.20. The maximum atomic E-state index is 10.8. The van der Waals surface area contributed by atoms with Gasteiger partial charge < -0.3 is 0 Å². The number of nitrogens with one attached hydrogen (secondary N) is 2. The summed E-state index contributed by atoms with van der Waals surface area (Å²) in [4.78, 5) is 20.3. The minimum absolute atomic E-state index is 0.0705. The molecule has 2 aromatic rings. The Labute approximate surface area is 147 Å². The first-order valence-electron chi connectivity index (χ1n) is 5.89. The molecule has 8 nitrogen and oxygen atoms in total. The monoisotopic (exact) mass is 420 g/mol. The highest BCUT2D eigenvalue weighted by Crippen LogP contribution is 2.34. The number of nitro benzene ring substituents is 2. The number of nitro groups is 2. The van der Waals surface area contributed by atoms with Gasteiger partial charge in [0.15, 0.2) is 0 Å². The number of nitrogens with zero attached hydrogens (tertiary/aromatic N) is 2. The summed E-state index contributed by atoms with van der Waals surface area (Å²) in [6.45, 7) is 0. The molecule has 0 fully saturated rings. The molecule has 2 aromatic carbocycles. The summed E-state index contributed by atoms with van der Waals surface area (Å²) < 4.78 is 0.448. The highest BCUT2D eigenvalue weighted by atomic mass is 79.9. The molecule has 2 N–H and O–H groups in total. The van der Waals surface area contributed by atoms with E-state index in [9.17, 15) is 20.2 Å². The van der Waals surface area contributed by atoms with Crippen LogP contribution in [0.25, 0.3) is 0 Å². The molecule has 0 saturated heterocycles. The molecule has 120 valence electrons. The van der Waals surface area contributed by atoms with Crippen molar-refractivity contribution in [1.29, 1.82) is 0 Å². The average Bonchev–Trinajstić information content (AvgIpc) is 2.48. The average molecular weight is 422 g/mol. The lowest BCUT2D eigenvalue weighted by atomic mass is 10.3. The number of hydrogen-bond acceptors (Lipinski definition) is 6. The molecule has 0 aromatic heterocycles. The molecule has 0 saturated carbocycles. The lowest BCUT2D eigenvalue weighted by Crippen LogP contribution is -2.10. The van der Waals surface area contributed by atoms with Crippen LogP contribution in [0.15, 0.2) is 34.8 Å². The van der Waals surface area contributed by atoms with Crippen LogP contribution in [0.1, 0.15) is 0 Å². The number of halogens is 3. The zero-order chi connectivity index (χ0) is 17.1. The molecule has 0 radical (unpaired) electrons. The number of non-ortho nitro benzene ring substituents is 1. The van der Waals surface area contributed by atoms with Crippen LogP contribution in [0.3, 0.4) is 0 Å². The molecule has 0 unspecified atom stereocenters. The second kappa shape index (κ2) is 6.99. The van der Waals surface area contributed by atoms with Gasteiger partial charge in [-0.1, -0.05) is 23.2 Å². The highest BCUT2D eigenvalue weighted by Gasteiger charge is 2.16. The summed E-state index contributed by atoms with van der Waals surface area (Å²) in [5.41, 5.74) is 5.95. The van der Waals surface area contributed by atoms with Gasteiger partial charge in [-0.3, -0.25) is 31.1 Å². The van der Waals surface area contributed by atoms with Gasteiger partial charge in [-0.2, -0.15) is 0 Å². The predicted octanol–water partition coefficient (Wildman–Crippen LogP) is 5.01. The van der Waals surface area contributed by atoms with Crippen LogP contribution in [0.4, 0.5) is 22.7 Å². The van der Waals surface area contributed by atoms with E-state index in [4.69, 9.17) is 23.2 Å². The van der Waals surface area contributed by atoms with E-state index in [1.54, 1.807) is 0 Å². The van der Waals surface area contributed by atoms with Gasteiger partial charge in [0, 0.05) is 22.7 Å². The van der Waals surface area contributed by atoms with Crippen LogP contribution in [-0.4, -0.2) is 9.85 Å². The molecular weight excluding hydrogens is 415 g/mol. The normalized spacial score (nSPS) is 10.2. The molecule has 0 spiro atoms. The number of anilines is 2. The van der Waals surface area contributed by atoms with Crippen LogP contribution in [0, 0.1) is 20.2 Å². The van der Waals surface area contributed by atoms with E-state index >= 15 is 0 Å². The first-order valence-corrected chi connectivity index (χ1v) is 7.44. The summed E-state index contributed by atoms with van der Waals surface area (Å²) in [7, 11) is 0. The molecule has 2 rings (SSSR count). The van der Waals surface area contributed by atoms with Crippen molar-refractivity contribution in [2.45, 2.75) is 0 Å². The fourth-order valence-electron chi connectivity index (χ4n) is 1.63. The SMILES string of the molecule is O=[N+]([O-])c1ccc(NNc2cc(Cl)c([N+](=O)[O-])cc2Cl)c(Br)c1. The Morgan fingerprint density at radius 2 is 1.57 bits per heavy atom. The molecule has 23 heavy (non-hydrogen) atoms. The number of hydrogen-bond donors (Lipinski definition) is 2. The van der Waals surface area contributed by atoms with E-state index in [0.717, 1.165) is 6.07 Å². The van der Waals surface area contributed by atoms with E-state index in [1.807, 2.05) is 0 Å². The van der Waals surface area contributed by atoms with Crippen molar-refractivity contribution in [3.05, 3.63) is 65.1 Å². The van der Waals surface area contributed by atoms with Gasteiger partial charge in [0.1, 0.15) is 5.02 Å². The van der Waals surface area contributed by atoms with E-state index in [0.29, 0.717) is 15.8 Å². The maximum absolute atomic E-state index is 10.8. The summed E-state index contributed by atoms with van der Waals surface area (Å²) in [5.74, 6) is 0. The van der Waals surface area contributed by atoms with Crippen LogP contribution >= 0.6 is 39.1 Å². The topological polar surface area (TPSA) is 110 Å². The van der Waals surface area contributed by atoms with Crippen LogP contribution < -0.4 is 10.9 Å². The quantitative estimate of drug-likeness (QED) is 0.518. The van der Waals surface area contributed by atoms with Gasteiger partial charge in [-0.05, 0) is 28.1 Å². The first-order chi connectivity index (χ1) is 10.8. The third-order valence-corrected chi connectivity index (χ3v) is 4.00. The minimum atomic E-state index is -0.641. The van der Waals surface area contributed by atoms with Crippen LogP contribution in [0.2, 0.25) is 10.0 Å². The Kier molecular flexibility index (Phi) is 5.24. The Hall–Kier alpha value is -2.10. The Bertz CT molecular complexity index is 803. The molecule has 0 aliphatic heterocycles. The summed E-state index contributed by atoms with van der Waals surface area (Å²) in [5, 5.41) is 21.4. The molecular formula is C12H7BrCl2N4O4. The van der Waals surface area contributed by atoms with Gasteiger partial charge in [0.25, 0.3) is 11.4 Å². The highest BCUT2D eigenvalue weighted by molar-refractivity contribution is 9.10. The lowest BCUT2D eigenvalue weighted by molar-refractivity contribution is -0.385. The molecule has 0 atom stereocenters. The van der Waals surface area contributed by atoms with Gasteiger partial charge in [0.2, 0.25) is 0 Å². The van der Waals surface area contributed by atoms with Crippen molar-refractivity contribution < 1.29 is 9.85 Å². The van der Waals surface area contributed by atoms with E-state index in [-0.39, 0.29) is 21.4 Å². The third-order valence-electron chi connectivity index (χ3n) is 2.73. The van der Waals surface area contributed by atoms with Crippen LogP contribution in [0.5, 0.6) is 0 Å². The number of rotatable bonds is 5. The molecule has 0 bridgehead atoms. The molecule has 0 aliphatic rings. The summed E-state index contributed by atoms with van der Waals surface area (Å²) in [6.07, 6.45) is 0. The van der Waals surface area contributed by atoms with Gasteiger partial charge in [-0.25, -0.2) is 0 Å². The predicted molar refractivity (Wildman–Crippen MR) is 91.2 cm³/mol. The van der Waals surface area contributed by atoms with Crippen molar-refractivity contribution in [3.63, 3.8) is 0 Å². The fourth-order valence-corrected chi connectivity index (χ4v) is 2.53. The Morgan fingerprint density at radius 3 is 2.13 bits per heavy atom. The van der Waals surface area contributed by atoms with Crippen molar-refractivity contribution in [2.24, 2.45) is 0 Å². The zero-order valence-electron chi connectivity index (χ0n) is 11.0. The zero-order valence-corrected chi connectivity index (χ0v) is 14.1. The molecule has 0 aliphatic carbocycles. The number of benzene rings is 2. The second-order valence-corrected chi connectivity index (χ2v) is 5.88. The number of hydrazine groups is 1. The lowest BCUT2D eigenvalue weighted by Gasteiger charge is -2.12. The first kappa shape index (κ1) is 17.3. The largest absolute Gasteiger partial charge is 0.300 e. The maximum Gasteiger partial charge on any atom is 0.289 e. The van der Waals surface area contributed by atoms with E-state index in [1.165, 1.54) is 24.3 Å². The smallest absolute Gasteiger partial charge is 0.289 e. The van der Waals surface area contributed by atoms with Crippen molar-refractivity contribution in [2.75, 3.05) is 10.9 Å². The second-order valence-electron chi connectivity index (χ2n) is 4.21. The van der Waals surface area contributed by atoms with Crippen molar-refractivity contribution in [1.82, 2.24) is 0 Å². The van der Waals surface area contributed by atoms with Crippen LogP contribution in [-0.2, 0) is 0 Å². The van der Waals surface area contributed by atoms with E-state index < -0.39 is 9.85 Å². The fraction of sp³-hybridized carbons (Fsp3) is 0. The minimum Gasteiger partial charge on any atom is -0.300 e. The molecule has 11 heteroatoms. The molecule has 0 heterocycles. The van der Waals surface area contributed by atoms with E-state index in [2.05, 4.69) is 26.8 Å². The van der Waals surface area contributed by atoms with Gasteiger partial charge in [-0.15, -0.1) is 0 Å².